The lowest BCUT2D eigenvalue weighted by Gasteiger charge is -2.04. The summed E-state index contributed by atoms with van der Waals surface area (Å²) in [6, 6.07) is 7.99. The molecule has 3 N–H and O–H groups in total. The van der Waals surface area contributed by atoms with E-state index in [0.717, 1.165) is 16.9 Å². The van der Waals surface area contributed by atoms with Gasteiger partial charge < -0.3 is 10.1 Å². The van der Waals surface area contributed by atoms with Gasteiger partial charge in [-0.1, -0.05) is 12.1 Å². The fourth-order valence-electron chi connectivity index (χ4n) is 1.82. The molecule has 1 aromatic carbocycles. The average molecular weight is 380 g/mol. The van der Waals surface area contributed by atoms with E-state index in [1.54, 1.807) is 37.3 Å². The molecule has 0 aliphatic rings. The molecular formula is C16H16N2O5S2. The summed E-state index contributed by atoms with van der Waals surface area (Å²) in [6.45, 7) is 2.03. The largest absolute Gasteiger partial charge is 0.463 e. The van der Waals surface area contributed by atoms with E-state index in [-0.39, 0.29) is 9.77 Å². The van der Waals surface area contributed by atoms with Gasteiger partial charge in [-0.25, -0.2) is 18.4 Å². The van der Waals surface area contributed by atoms with Gasteiger partial charge in [0.15, 0.2) is 0 Å². The molecule has 0 saturated carbocycles. The third-order valence-electron chi connectivity index (χ3n) is 2.99. The number of amides is 1. The van der Waals surface area contributed by atoms with Gasteiger partial charge in [-0.05, 0) is 36.8 Å². The number of ether oxygens (including phenoxy) is 1. The zero-order valence-electron chi connectivity index (χ0n) is 13.3. The standard InChI is InChI=1S/C16H16N2O5S2/c1-2-23-14(19)8-5-11-3-6-13(7-4-11)18-16(20)12-9-15(24-10-12)25(17,21)22/h3-10H,2H2,1H3,(H,18,20)(H2,17,21,22)/b8-5+. The van der Waals surface area contributed by atoms with Crippen molar-refractivity contribution in [1.29, 1.82) is 0 Å². The van der Waals surface area contributed by atoms with Crippen molar-refractivity contribution >= 4 is 45.0 Å². The molecule has 0 bridgehead atoms. The summed E-state index contributed by atoms with van der Waals surface area (Å²) in [5, 5.41) is 9.09. The Bertz CT molecular complexity index is 899. The Labute approximate surface area is 149 Å². The summed E-state index contributed by atoms with van der Waals surface area (Å²) in [5.74, 6) is -0.871. The molecule has 1 amide bonds. The van der Waals surface area contributed by atoms with E-state index < -0.39 is 21.9 Å². The number of rotatable bonds is 6. The lowest BCUT2D eigenvalue weighted by atomic mass is 10.2. The number of anilines is 1. The van der Waals surface area contributed by atoms with Crippen LogP contribution in [0.3, 0.4) is 0 Å². The maximum Gasteiger partial charge on any atom is 0.330 e. The first-order valence-corrected chi connectivity index (χ1v) is 9.60. The van der Waals surface area contributed by atoms with Crippen molar-refractivity contribution < 1.29 is 22.7 Å². The molecule has 0 atom stereocenters. The number of nitrogens with two attached hydrogens (primary N) is 1. The third-order valence-corrected chi connectivity index (χ3v) is 5.37. The Kier molecular flexibility index (Phi) is 6.07. The van der Waals surface area contributed by atoms with Crippen LogP contribution in [0, 0.1) is 0 Å². The molecule has 2 aromatic rings. The lowest BCUT2D eigenvalue weighted by molar-refractivity contribution is -0.137. The van der Waals surface area contributed by atoms with E-state index in [1.165, 1.54) is 17.5 Å². The van der Waals surface area contributed by atoms with Crippen LogP contribution in [0.25, 0.3) is 6.08 Å². The predicted molar refractivity (Wildman–Crippen MR) is 95.8 cm³/mol. The number of nitrogens with one attached hydrogen (secondary N) is 1. The van der Waals surface area contributed by atoms with Crippen molar-refractivity contribution in [3.8, 4) is 0 Å². The van der Waals surface area contributed by atoms with Gasteiger partial charge in [0.2, 0.25) is 10.0 Å². The van der Waals surface area contributed by atoms with Crippen molar-refractivity contribution in [2.45, 2.75) is 11.1 Å². The molecule has 7 nitrogen and oxygen atoms in total. The van der Waals surface area contributed by atoms with E-state index >= 15 is 0 Å². The van der Waals surface area contributed by atoms with Crippen LogP contribution in [0.2, 0.25) is 0 Å². The number of sulfonamides is 1. The highest BCUT2D eigenvalue weighted by Gasteiger charge is 2.15. The molecule has 25 heavy (non-hydrogen) atoms. The van der Waals surface area contributed by atoms with Crippen LogP contribution in [0.5, 0.6) is 0 Å². The second kappa shape index (κ2) is 8.06. The van der Waals surface area contributed by atoms with Gasteiger partial charge in [0.25, 0.3) is 5.91 Å². The second-order valence-corrected chi connectivity index (χ2v) is 7.56. The number of esters is 1. The predicted octanol–water partition coefficient (Wildman–Crippen LogP) is 2.22. The second-order valence-electron chi connectivity index (χ2n) is 4.86. The van der Waals surface area contributed by atoms with Gasteiger partial charge in [0.05, 0.1) is 12.2 Å². The molecule has 1 heterocycles. The van der Waals surface area contributed by atoms with Gasteiger partial charge in [0.1, 0.15) is 4.21 Å². The lowest BCUT2D eigenvalue weighted by Crippen LogP contribution is -2.12. The first-order chi connectivity index (χ1) is 11.8. The van der Waals surface area contributed by atoms with E-state index in [0.29, 0.717) is 12.3 Å². The number of primary sulfonamides is 1. The number of thiophene rings is 1. The Morgan fingerprint density at radius 3 is 2.52 bits per heavy atom. The fourth-order valence-corrected chi connectivity index (χ4v) is 3.41. The van der Waals surface area contributed by atoms with Crippen molar-refractivity contribution in [3.63, 3.8) is 0 Å². The average Bonchev–Trinajstić information content (AvgIpc) is 3.05. The van der Waals surface area contributed by atoms with Crippen molar-refractivity contribution in [2.24, 2.45) is 5.14 Å². The topological polar surface area (TPSA) is 116 Å². The molecule has 0 spiro atoms. The molecule has 9 heteroatoms. The molecule has 132 valence electrons. The Morgan fingerprint density at radius 1 is 1.28 bits per heavy atom. The first-order valence-electron chi connectivity index (χ1n) is 7.17. The van der Waals surface area contributed by atoms with Gasteiger partial charge >= 0.3 is 5.97 Å². The van der Waals surface area contributed by atoms with Gasteiger partial charge in [-0.2, -0.15) is 0 Å². The summed E-state index contributed by atoms with van der Waals surface area (Å²) in [7, 11) is -3.82. The summed E-state index contributed by atoms with van der Waals surface area (Å²) in [6.07, 6.45) is 2.91. The van der Waals surface area contributed by atoms with E-state index in [9.17, 15) is 18.0 Å². The van der Waals surface area contributed by atoms with Crippen molar-refractivity contribution in [1.82, 2.24) is 0 Å². The quantitative estimate of drug-likeness (QED) is 0.589. The Morgan fingerprint density at radius 2 is 1.96 bits per heavy atom. The monoisotopic (exact) mass is 380 g/mol. The summed E-state index contributed by atoms with van der Waals surface area (Å²) < 4.78 is 27.2. The molecule has 0 aliphatic carbocycles. The van der Waals surface area contributed by atoms with Crippen LogP contribution >= 0.6 is 11.3 Å². The molecule has 0 fully saturated rings. The molecular weight excluding hydrogens is 364 g/mol. The van der Waals surface area contributed by atoms with E-state index in [2.05, 4.69) is 5.32 Å². The number of hydrogen-bond acceptors (Lipinski definition) is 6. The van der Waals surface area contributed by atoms with Gasteiger partial charge in [0, 0.05) is 17.1 Å². The Balaban J connectivity index is 2.02. The maximum absolute atomic E-state index is 12.1. The highest BCUT2D eigenvalue weighted by molar-refractivity contribution is 7.91. The number of benzene rings is 1. The van der Waals surface area contributed by atoms with Crippen LogP contribution in [-0.2, 0) is 19.6 Å². The van der Waals surface area contributed by atoms with Crippen LogP contribution in [0.4, 0.5) is 5.69 Å². The number of carbonyl (C=O) groups is 2. The van der Waals surface area contributed by atoms with Crippen LogP contribution in [0.1, 0.15) is 22.8 Å². The van der Waals surface area contributed by atoms with Crippen LogP contribution < -0.4 is 10.5 Å². The smallest absolute Gasteiger partial charge is 0.330 e. The van der Waals surface area contributed by atoms with Gasteiger partial charge in [-0.3, -0.25) is 4.79 Å². The summed E-state index contributed by atoms with van der Waals surface area (Å²) in [4.78, 5) is 23.4. The van der Waals surface area contributed by atoms with E-state index in [1.807, 2.05) is 0 Å². The number of carbonyl (C=O) groups excluding carboxylic acids is 2. The Hall–Kier alpha value is -2.49. The molecule has 0 aliphatic heterocycles. The fraction of sp³-hybridized carbons (Fsp3) is 0.125. The zero-order valence-corrected chi connectivity index (χ0v) is 14.9. The summed E-state index contributed by atoms with van der Waals surface area (Å²) in [5.41, 5.74) is 1.50. The molecule has 2 rings (SSSR count). The maximum atomic E-state index is 12.1. The third kappa shape index (κ3) is 5.52. The minimum Gasteiger partial charge on any atom is -0.463 e. The molecule has 0 radical (unpaired) electrons. The molecule has 1 aromatic heterocycles. The van der Waals surface area contributed by atoms with E-state index in [4.69, 9.17) is 9.88 Å². The highest BCUT2D eigenvalue weighted by Crippen LogP contribution is 2.20. The SMILES string of the molecule is CCOC(=O)/C=C/c1ccc(NC(=O)c2csc(S(N)(=O)=O)c2)cc1. The van der Waals surface area contributed by atoms with Gasteiger partial charge in [-0.15, -0.1) is 11.3 Å². The van der Waals surface area contributed by atoms with Crippen LogP contribution in [-0.4, -0.2) is 26.9 Å². The minimum atomic E-state index is -3.82. The summed E-state index contributed by atoms with van der Waals surface area (Å²) >= 11 is 0.884. The van der Waals surface area contributed by atoms with Crippen molar-refractivity contribution in [2.75, 3.05) is 11.9 Å². The molecule has 0 unspecified atom stereocenters. The first kappa shape index (κ1) is 18.8. The van der Waals surface area contributed by atoms with Crippen LogP contribution in [0.15, 0.2) is 46.0 Å². The normalized spacial score (nSPS) is 11.4. The van der Waals surface area contributed by atoms with Crippen molar-refractivity contribution in [3.05, 3.63) is 52.9 Å². The number of hydrogen-bond donors (Lipinski definition) is 2. The molecule has 0 saturated heterocycles. The highest BCUT2D eigenvalue weighted by atomic mass is 32.2. The minimum absolute atomic E-state index is 0.0721. The zero-order chi connectivity index (χ0) is 18.4.